The summed E-state index contributed by atoms with van der Waals surface area (Å²) in [4.78, 5) is 51.0. The predicted molar refractivity (Wildman–Crippen MR) is 370 cm³/mol. The van der Waals surface area contributed by atoms with Gasteiger partial charge in [0.2, 0.25) is 0 Å². The number of carbonyl (C=O) groups is 3. The molecular weight excluding hydrogens is 1290 g/mol. The minimum Gasteiger partial charge on any atom is -0.463 e. The zero-order chi connectivity index (χ0) is 71.9. The Labute approximate surface area is 586 Å². The van der Waals surface area contributed by atoms with Crippen molar-refractivity contribution < 1.29 is 117 Å². The third-order valence-electron chi connectivity index (χ3n) is 19.2. The van der Waals surface area contributed by atoms with Gasteiger partial charge < -0.3 is 89.1 Å². The molecule has 1 aliphatic carbocycles. The molecule has 19 atom stereocenters. The van der Waals surface area contributed by atoms with E-state index < -0.39 is 156 Å². The number of phosphoric ester groups is 1. The lowest BCUT2D eigenvalue weighted by molar-refractivity contribution is -0.360. The van der Waals surface area contributed by atoms with E-state index in [2.05, 4.69) is 39.8 Å². The van der Waals surface area contributed by atoms with Gasteiger partial charge >= 0.3 is 25.7 Å². The molecule has 19 unspecified atom stereocenters. The molecule has 0 bridgehead atoms. The molecule has 24 nitrogen and oxygen atoms in total. The summed E-state index contributed by atoms with van der Waals surface area (Å²) in [5.74, 6) is -1.30. The fourth-order valence-electron chi connectivity index (χ4n) is 12.8. The van der Waals surface area contributed by atoms with Gasteiger partial charge in [-0.15, -0.1) is 0 Å². The van der Waals surface area contributed by atoms with Crippen molar-refractivity contribution in [3.63, 3.8) is 0 Å². The van der Waals surface area contributed by atoms with Crippen LogP contribution in [-0.4, -0.2) is 204 Å². The number of carbonyl (C=O) groups excluding carboxylic acids is 3. The number of rotatable bonds is 59. The van der Waals surface area contributed by atoms with Crippen molar-refractivity contribution in [2.75, 3.05) is 26.4 Å². The highest BCUT2D eigenvalue weighted by molar-refractivity contribution is 7.47. The van der Waals surface area contributed by atoms with Crippen LogP contribution in [0.1, 0.15) is 297 Å². The molecule has 3 aliphatic rings. The van der Waals surface area contributed by atoms with Crippen LogP contribution >= 0.6 is 7.82 Å². The Hall–Kier alpha value is -2.30. The summed E-state index contributed by atoms with van der Waals surface area (Å²) in [6.45, 7) is 5.76. The molecule has 98 heavy (non-hydrogen) atoms. The highest BCUT2D eigenvalue weighted by atomic mass is 31.2. The van der Waals surface area contributed by atoms with E-state index in [1.54, 1.807) is 0 Å². The standard InChI is InChI=1S/C73H135O24P/c1-5-8-11-14-17-19-21-23-25-27-29-31-38-43-48-59(77)92-54(50-89-57(75)46-41-37-33-32-35-40-45-53(4)44-39-34-16-13-10-7-3)51-91-98(87,88)97-71-69(95-72-67(85)62(80)60(78)55(49-74)93-72)65(83)64(82)66(84)70(71)96-73-68(86)63(81)61(79)56(94-73)52-90-58(76)47-42-36-30-28-26-24-22-20-18-15-12-9-6-2/h25,27,53-56,60-74,78-86H,5-24,26,28-52H2,1-4H3,(H,87,88)/b27-25-. The zero-order valence-corrected chi connectivity index (χ0v) is 61.1. The maximum absolute atomic E-state index is 14.3. The Morgan fingerprint density at radius 2 is 0.776 bits per heavy atom. The molecule has 0 amide bonds. The van der Waals surface area contributed by atoms with E-state index in [1.807, 2.05) is 0 Å². The minimum absolute atomic E-state index is 0.0313. The van der Waals surface area contributed by atoms with Crippen LogP contribution in [0.3, 0.4) is 0 Å². The van der Waals surface area contributed by atoms with Crippen molar-refractivity contribution in [1.29, 1.82) is 0 Å². The summed E-state index contributed by atoms with van der Waals surface area (Å²) in [7, 11) is -5.70. The second-order valence-electron chi connectivity index (χ2n) is 28.0. The number of aliphatic hydroxyl groups is 10. The number of ether oxygens (including phenoxy) is 7. The quantitative estimate of drug-likeness (QED) is 0.00886. The van der Waals surface area contributed by atoms with Crippen molar-refractivity contribution >= 4 is 25.7 Å². The van der Waals surface area contributed by atoms with E-state index in [0.29, 0.717) is 31.6 Å². The van der Waals surface area contributed by atoms with Gasteiger partial charge in [0.05, 0.1) is 13.2 Å². The molecule has 25 heteroatoms. The third-order valence-corrected chi connectivity index (χ3v) is 20.2. The van der Waals surface area contributed by atoms with Crippen LogP contribution in [0.25, 0.3) is 0 Å². The van der Waals surface area contributed by atoms with Crippen LogP contribution in [0.5, 0.6) is 0 Å². The average Bonchev–Trinajstić information content (AvgIpc) is 0.761. The number of esters is 3. The summed E-state index contributed by atoms with van der Waals surface area (Å²) in [5, 5.41) is 110. The second-order valence-corrected chi connectivity index (χ2v) is 29.4. The fraction of sp³-hybridized carbons (Fsp3) is 0.932. The maximum atomic E-state index is 14.3. The van der Waals surface area contributed by atoms with Gasteiger partial charge in [-0.25, -0.2) is 4.57 Å². The molecular formula is C73H135O24P. The molecule has 2 saturated heterocycles. The van der Waals surface area contributed by atoms with Crippen LogP contribution < -0.4 is 0 Å². The van der Waals surface area contributed by atoms with Gasteiger partial charge in [0.15, 0.2) is 18.7 Å². The number of hydrogen-bond acceptors (Lipinski definition) is 23. The Balaban J connectivity index is 1.74. The number of allylic oxidation sites excluding steroid dienone is 2. The smallest absolute Gasteiger partial charge is 0.463 e. The number of unbranched alkanes of at least 4 members (excludes halogenated alkanes) is 32. The van der Waals surface area contributed by atoms with Crippen molar-refractivity contribution in [2.24, 2.45) is 5.92 Å². The Morgan fingerprint density at radius 3 is 1.21 bits per heavy atom. The van der Waals surface area contributed by atoms with Crippen LogP contribution in [0.15, 0.2) is 12.2 Å². The molecule has 0 spiro atoms. The van der Waals surface area contributed by atoms with E-state index >= 15 is 0 Å². The Kier molecular flexibility index (Phi) is 49.9. The third kappa shape index (κ3) is 37.4. The van der Waals surface area contributed by atoms with Gasteiger partial charge in [-0.3, -0.25) is 23.4 Å². The number of hydrogen-bond donors (Lipinski definition) is 11. The van der Waals surface area contributed by atoms with Crippen molar-refractivity contribution in [2.45, 2.75) is 402 Å². The number of aliphatic hydroxyl groups excluding tert-OH is 10. The highest BCUT2D eigenvalue weighted by Gasteiger charge is 2.58. The molecule has 2 heterocycles. The van der Waals surface area contributed by atoms with Gasteiger partial charge in [0.1, 0.15) is 98.7 Å². The van der Waals surface area contributed by atoms with Crippen LogP contribution in [0.4, 0.5) is 0 Å². The lowest BCUT2D eigenvalue weighted by atomic mass is 9.84. The molecule has 0 aromatic heterocycles. The molecule has 11 N–H and O–H groups in total. The average molecular weight is 1430 g/mol. The van der Waals surface area contributed by atoms with E-state index in [9.17, 15) is 74.9 Å². The largest absolute Gasteiger partial charge is 0.472 e. The van der Waals surface area contributed by atoms with Gasteiger partial charge in [0.25, 0.3) is 0 Å². The first-order valence-corrected chi connectivity index (χ1v) is 39.9. The SMILES string of the molecule is CCCCCCCCC/C=C\CCCCCC(=O)OC(COC(=O)CCCCCCCCC(C)CCCCCCCC)COP(=O)(O)OC1C(OC2OC(CO)C(O)C(O)C2O)C(O)C(O)C(O)C1OC1OC(COC(=O)CCCCCCCCCCCCCCC)C(O)C(O)C1O. The van der Waals surface area contributed by atoms with Crippen LogP contribution in [0, 0.1) is 5.92 Å². The first-order chi connectivity index (χ1) is 47.2. The van der Waals surface area contributed by atoms with Gasteiger partial charge in [0, 0.05) is 19.3 Å². The first-order valence-electron chi connectivity index (χ1n) is 38.4. The molecule has 0 aromatic carbocycles. The zero-order valence-electron chi connectivity index (χ0n) is 60.2. The van der Waals surface area contributed by atoms with E-state index in [4.69, 9.17) is 42.2 Å². The summed E-state index contributed by atoms with van der Waals surface area (Å²) in [5.41, 5.74) is 0. The summed E-state index contributed by atoms with van der Waals surface area (Å²) >= 11 is 0. The molecule has 3 rings (SSSR count). The molecule has 0 aromatic rings. The fourth-order valence-corrected chi connectivity index (χ4v) is 13.8. The van der Waals surface area contributed by atoms with Crippen LogP contribution in [-0.2, 0) is 61.2 Å². The first kappa shape index (κ1) is 89.9. The van der Waals surface area contributed by atoms with Gasteiger partial charge in [-0.2, -0.15) is 0 Å². The molecule has 2 aliphatic heterocycles. The van der Waals surface area contributed by atoms with E-state index in [-0.39, 0.29) is 19.3 Å². The highest BCUT2D eigenvalue weighted by Crippen LogP contribution is 2.49. The number of phosphoric acid groups is 1. The lowest BCUT2D eigenvalue weighted by Gasteiger charge is -2.49. The van der Waals surface area contributed by atoms with Crippen LogP contribution in [0.2, 0.25) is 0 Å². The second kappa shape index (κ2) is 54.3. The van der Waals surface area contributed by atoms with E-state index in [0.717, 1.165) is 89.9 Å². The Bertz CT molecular complexity index is 2090. The molecule has 576 valence electrons. The van der Waals surface area contributed by atoms with Crippen molar-refractivity contribution in [1.82, 2.24) is 0 Å². The predicted octanol–water partition coefficient (Wildman–Crippen LogP) is 10.6. The van der Waals surface area contributed by atoms with Crippen molar-refractivity contribution in [3.05, 3.63) is 12.2 Å². The monoisotopic (exact) mass is 1430 g/mol. The summed E-state index contributed by atoms with van der Waals surface area (Å²) in [6, 6.07) is 0. The molecule has 1 saturated carbocycles. The Morgan fingerprint density at radius 1 is 0.418 bits per heavy atom. The maximum Gasteiger partial charge on any atom is 0.472 e. The van der Waals surface area contributed by atoms with Gasteiger partial charge in [-0.05, 0) is 50.9 Å². The van der Waals surface area contributed by atoms with Gasteiger partial charge in [-0.1, -0.05) is 245 Å². The topological polar surface area (TPSA) is 374 Å². The van der Waals surface area contributed by atoms with E-state index in [1.165, 1.54) is 135 Å². The summed E-state index contributed by atoms with van der Waals surface area (Å²) < 4.78 is 65.1. The normalized spacial score (nSPS) is 28.0. The lowest BCUT2D eigenvalue weighted by Crippen LogP contribution is -2.69. The summed E-state index contributed by atoms with van der Waals surface area (Å²) in [6.07, 6.45) is 11.4. The molecule has 0 radical (unpaired) electrons. The van der Waals surface area contributed by atoms with Crippen molar-refractivity contribution in [3.8, 4) is 0 Å². The minimum atomic E-state index is -5.70. The molecule has 3 fully saturated rings.